The summed E-state index contributed by atoms with van der Waals surface area (Å²) in [6.07, 6.45) is 0. The minimum atomic E-state index is -0.542. The molecule has 0 aliphatic rings. The second kappa shape index (κ2) is 5.96. The van der Waals surface area contributed by atoms with E-state index < -0.39 is 11.6 Å². The average Bonchev–Trinajstić information content (AvgIpc) is 2.74. The molecule has 2 rings (SSSR count). The van der Waals surface area contributed by atoms with E-state index in [-0.39, 0.29) is 5.69 Å². The molecule has 0 unspecified atom stereocenters. The Labute approximate surface area is 123 Å². The maximum Gasteiger partial charge on any atom is 0.149 e. The first kappa shape index (κ1) is 14.4. The molecule has 0 spiro atoms. The number of hydrogen-bond donors (Lipinski definition) is 0. The van der Waals surface area contributed by atoms with Crippen LogP contribution in [-0.2, 0) is 11.9 Å². The fourth-order valence-corrected chi connectivity index (χ4v) is 2.99. The van der Waals surface area contributed by atoms with Gasteiger partial charge in [0.15, 0.2) is 0 Å². The van der Waals surface area contributed by atoms with Crippen molar-refractivity contribution in [2.75, 3.05) is 11.9 Å². The molecule has 19 heavy (non-hydrogen) atoms. The Morgan fingerprint density at radius 1 is 1.32 bits per heavy atom. The molecule has 0 saturated carbocycles. The number of halogens is 3. The highest BCUT2D eigenvalue weighted by atomic mass is 79.9. The van der Waals surface area contributed by atoms with Gasteiger partial charge in [-0.25, -0.2) is 13.8 Å². The van der Waals surface area contributed by atoms with Gasteiger partial charge in [0, 0.05) is 17.3 Å². The van der Waals surface area contributed by atoms with Gasteiger partial charge in [-0.1, -0.05) is 15.9 Å². The van der Waals surface area contributed by atoms with Crippen LogP contribution in [0.15, 0.2) is 17.6 Å². The van der Waals surface area contributed by atoms with Crippen molar-refractivity contribution >= 4 is 33.0 Å². The third-order valence-corrected chi connectivity index (χ3v) is 4.41. The molecule has 0 aliphatic carbocycles. The van der Waals surface area contributed by atoms with Gasteiger partial charge >= 0.3 is 0 Å². The van der Waals surface area contributed by atoms with Crippen LogP contribution in [0.25, 0.3) is 0 Å². The van der Waals surface area contributed by atoms with E-state index in [1.54, 1.807) is 17.5 Å². The molecule has 0 aliphatic heterocycles. The Bertz CT molecular complexity index is 563. The molecule has 0 N–H and O–H groups in total. The van der Waals surface area contributed by atoms with Crippen molar-refractivity contribution in [3.8, 4) is 0 Å². The summed E-state index contributed by atoms with van der Waals surface area (Å²) in [5, 5.41) is 0.429. The molecule has 0 fully saturated rings. The summed E-state index contributed by atoms with van der Waals surface area (Å²) < 4.78 is 27.9. The first-order chi connectivity index (χ1) is 9.02. The fourth-order valence-electron chi connectivity index (χ4n) is 1.83. The lowest BCUT2D eigenvalue weighted by Crippen LogP contribution is -2.19. The maximum atomic E-state index is 14.0. The Balaban J connectivity index is 2.29. The van der Waals surface area contributed by atoms with E-state index in [2.05, 4.69) is 20.9 Å². The molecule has 2 nitrogen and oxygen atoms in total. The van der Waals surface area contributed by atoms with E-state index in [0.29, 0.717) is 17.4 Å². The summed E-state index contributed by atoms with van der Waals surface area (Å²) in [6, 6.07) is 2.70. The van der Waals surface area contributed by atoms with Crippen molar-refractivity contribution in [3.63, 3.8) is 0 Å². The molecule has 6 heteroatoms. The standard InChI is InChI=1S/C13H13BrF2N2S/c1-8-12(19-7-17-8)6-18(2)13-10(15)3-9(5-14)4-11(13)16/h3-4,7H,5-6H2,1-2H3. The van der Waals surface area contributed by atoms with Crippen LogP contribution in [-0.4, -0.2) is 12.0 Å². The van der Waals surface area contributed by atoms with Gasteiger partial charge in [-0.2, -0.15) is 0 Å². The maximum absolute atomic E-state index is 14.0. The van der Waals surface area contributed by atoms with Gasteiger partial charge in [-0.15, -0.1) is 11.3 Å². The van der Waals surface area contributed by atoms with Crippen LogP contribution in [0.5, 0.6) is 0 Å². The molecule has 0 bridgehead atoms. The largest absolute Gasteiger partial charge is 0.365 e. The van der Waals surface area contributed by atoms with Crippen LogP contribution in [0, 0.1) is 18.6 Å². The summed E-state index contributed by atoms with van der Waals surface area (Å²) in [5.41, 5.74) is 3.22. The molecule has 1 heterocycles. The number of rotatable bonds is 4. The van der Waals surface area contributed by atoms with Crippen molar-refractivity contribution in [3.05, 3.63) is 45.4 Å². The Morgan fingerprint density at radius 3 is 2.42 bits per heavy atom. The number of anilines is 1. The van der Waals surface area contributed by atoms with E-state index in [0.717, 1.165) is 10.6 Å². The predicted octanol–water partition coefficient (Wildman–Crippen LogP) is 4.26. The molecular weight excluding hydrogens is 334 g/mol. The van der Waals surface area contributed by atoms with E-state index >= 15 is 0 Å². The Hall–Kier alpha value is -1.01. The lowest BCUT2D eigenvalue weighted by atomic mass is 10.2. The van der Waals surface area contributed by atoms with Crippen LogP contribution in [0.4, 0.5) is 14.5 Å². The topological polar surface area (TPSA) is 16.1 Å². The lowest BCUT2D eigenvalue weighted by Gasteiger charge is -2.20. The zero-order chi connectivity index (χ0) is 14.0. The minimum absolute atomic E-state index is 0.00231. The van der Waals surface area contributed by atoms with Crippen molar-refractivity contribution in [1.29, 1.82) is 0 Å². The Morgan fingerprint density at radius 2 is 1.95 bits per heavy atom. The monoisotopic (exact) mass is 346 g/mol. The number of benzene rings is 1. The number of thiazole rings is 1. The zero-order valence-corrected chi connectivity index (χ0v) is 13.0. The molecular formula is C13H13BrF2N2S. The van der Waals surface area contributed by atoms with Gasteiger partial charge < -0.3 is 4.90 Å². The molecule has 0 saturated heterocycles. The van der Waals surface area contributed by atoms with E-state index in [1.807, 2.05) is 6.92 Å². The van der Waals surface area contributed by atoms with Gasteiger partial charge in [0.25, 0.3) is 0 Å². The molecule has 102 valence electrons. The number of aromatic nitrogens is 1. The third-order valence-electron chi connectivity index (χ3n) is 2.84. The summed E-state index contributed by atoms with van der Waals surface area (Å²) in [5.74, 6) is -1.08. The summed E-state index contributed by atoms with van der Waals surface area (Å²) in [6.45, 7) is 2.33. The predicted molar refractivity (Wildman–Crippen MR) is 77.9 cm³/mol. The number of alkyl halides is 1. The first-order valence-electron chi connectivity index (χ1n) is 5.67. The summed E-state index contributed by atoms with van der Waals surface area (Å²) in [4.78, 5) is 6.71. The number of aryl methyl sites for hydroxylation is 1. The normalized spacial score (nSPS) is 10.8. The third kappa shape index (κ3) is 3.12. The van der Waals surface area contributed by atoms with Gasteiger partial charge in [0.2, 0.25) is 0 Å². The van der Waals surface area contributed by atoms with E-state index in [4.69, 9.17) is 0 Å². The van der Waals surface area contributed by atoms with Gasteiger partial charge in [-0.3, -0.25) is 0 Å². The van der Waals surface area contributed by atoms with Crippen molar-refractivity contribution in [2.24, 2.45) is 0 Å². The minimum Gasteiger partial charge on any atom is -0.365 e. The van der Waals surface area contributed by atoms with Gasteiger partial charge in [-0.05, 0) is 24.6 Å². The number of hydrogen-bond acceptors (Lipinski definition) is 3. The van der Waals surface area contributed by atoms with Crippen molar-refractivity contribution < 1.29 is 8.78 Å². The van der Waals surface area contributed by atoms with Crippen LogP contribution >= 0.6 is 27.3 Å². The van der Waals surface area contributed by atoms with Gasteiger partial charge in [0.1, 0.15) is 17.3 Å². The fraction of sp³-hybridized carbons (Fsp3) is 0.308. The molecule has 1 aromatic carbocycles. The first-order valence-corrected chi connectivity index (χ1v) is 7.67. The van der Waals surface area contributed by atoms with Crippen molar-refractivity contribution in [2.45, 2.75) is 18.8 Å². The lowest BCUT2D eigenvalue weighted by molar-refractivity contribution is 0.575. The SMILES string of the molecule is Cc1ncsc1CN(C)c1c(F)cc(CBr)cc1F. The molecule has 2 aromatic rings. The molecule has 0 amide bonds. The van der Waals surface area contributed by atoms with E-state index in [1.165, 1.54) is 23.5 Å². The second-order valence-corrected chi connectivity index (χ2v) is 5.76. The Kier molecular flexibility index (Phi) is 4.52. The van der Waals surface area contributed by atoms with Crippen LogP contribution < -0.4 is 4.90 Å². The highest BCUT2D eigenvalue weighted by Gasteiger charge is 2.16. The van der Waals surface area contributed by atoms with E-state index in [9.17, 15) is 8.78 Å². The highest BCUT2D eigenvalue weighted by Crippen LogP contribution is 2.27. The zero-order valence-electron chi connectivity index (χ0n) is 10.6. The summed E-state index contributed by atoms with van der Waals surface area (Å²) >= 11 is 4.68. The molecule has 1 aromatic heterocycles. The smallest absolute Gasteiger partial charge is 0.149 e. The van der Waals surface area contributed by atoms with Crippen molar-refractivity contribution in [1.82, 2.24) is 4.98 Å². The molecule has 0 radical (unpaired) electrons. The van der Waals surface area contributed by atoms with Crippen LogP contribution in [0.1, 0.15) is 16.1 Å². The van der Waals surface area contributed by atoms with Crippen LogP contribution in [0.3, 0.4) is 0 Å². The second-order valence-electron chi connectivity index (χ2n) is 4.26. The van der Waals surface area contributed by atoms with Crippen LogP contribution in [0.2, 0.25) is 0 Å². The number of nitrogens with zero attached hydrogens (tertiary/aromatic N) is 2. The highest BCUT2D eigenvalue weighted by molar-refractivity contribution is 9.08. The average molecular weight is 347 g/mol. The summed E-state index contributed by atoms with van der Waals surface area (Å²) in [7, 11) is 1.68. The quantitative estimate of drug-likeness (QED) is 0.769. The molecule has 0 atom stereocenters. The van der Waals surface area contributed by atoms with Gasteiger partial charge in [0.05, 0.1) is 17.7 Å².